The molecule has 0 aliphatic carbocycles. The van der Waals surface area contributed by atoms with Crippen LogP contribution in [0.25, 0.3) is 0 Å². The van der Waals surface area contributed by atoms with Crippen molar-refractivity contribution in [1.82, 2.24) is 10.2 Å². The summed E-state index contributed by atoms with van der Waals surface area (Å²) in [6.45, 7) is 12.7. The van der Waals surface area contributed by atoms with Gasteiger partial charge in [0.2, 0.25) is 0 Å². The van der Waals surface area contributed by atoms with Crippen LogP contribution in [0.2, 0.25) is 0 Å². The molecule has 3 aromatic carbocycles. The topological polar surface area (TPSA) is 108 Å². The van der Waals surface area contributed by atoms with Crippen LogP contribution in [-0.4, -0.2) is 39.6 Å². The second-order valence-corrected chi connectivity index (χ2v) is 11.4. The number of para-hydroxylation sites is 1. The molecule has 3 N–H and O–H groups in total. The first-order valence-corrected chi connectivity index (χ1v) is 13.7. The van der Waals surface area contributed by atoms with E-state index in [9.17, 15) is 19.5 Å². The predicted octanol–water partition coefficient (Wildman–Crippen LogP) is 5.86. The first kappa shape index (κ1) is 31.8. The minimum Gasteiger partial charge on any atom is -0.508 e. The average Bonchev–Trinajstić information content (AvgIpc) is 2.89. The van der Waals surface area contributed by atoms with Gasteiger partial charge in [0.15, 0.2) is 0 Å². The van der Waals surface area contributed by atoms with Crippen LogP contribution in [0.4, 0.5) is 10.5 Å². The number of phenolic OH excluding ortho intramolecular Hbond substituents is 1. The molecule has 3 aromatic rings. The molecule has 0 saturated carbocycles. The van der Waals surface area contributed by atoms with Crippen LogP contribution in [-0.2, 0) is 20.7 Å². The van der Waals surface area contributed by atoms with E-state index in [4.69, 9.17) is 11.2 Å². The number of hydrogen-bond donors (Lipinski definition) is 3. The number of aromatic hydroxyl groups is 1. The van der Waals surface area contributed by atoms with E-state index >= 15 is 0 Å². The molecule has 42 heavy (non-hydrogen) atoms. The smallest absolute Gasteiger partial charge is 0.408 e. The highest BCUT2D eigenvalue weighted by atomic mass is 16.6. The molecule has 0 aliphatic rings. The number of nitrogens with one attached hydrogen (secondary N) is 2. The number of phenols is 1. The molecular weight excluding hydrogens is 530 g/mol. The Morgan fingerprint density at radius 3 is 2.12 bits per heavy atom. The summed E-state index contributed by atoms with van der Waals surface area (Å²) in [6.07, 6.45) is 5.20. The van der Waals surface area contributed by atoms with Crippen LogP contribution in [0.3, 0.4) is 0 Å². The number of aryl methyl sites for hydroxylation is 4. The monoisotopic (exact) mass is 569 g/mol. The molecule has 2 unspecified atom stereocenters. The van der Waals surface area contributed by atoms with Gasteiger partial charge in [0, 0.05) is 18.2 Å². The van der Waals surface area contributed by atoms with Crippen LogP contribution in [0.5, 0.6) is 5.75 Å². The average molecular weight is 570 g/mol. The van der Waals surface area contributed by atoms with Gasteiger partial charge in [-0.15, -0.1) is 0 Å². The van der Waals surface area contributed by atoms with Crippen LogP contribution in [0.1, 0.15) is 60.2 Å². The van der Waals surface area contributed by atoms with Gasteiger partial charge in [0.25, 0.3) is 11.8 Å². The zero-order valence-corrected chi connectivity index (χ0v) is 25.2. The molecule has 0 aromatic heterocycles. The number of terminal acetylenes is 1. The van der Waals surface area contributed by atoms with E-state index in [-0.39, 0.29) is 12.2 Å². The van der Waals surface area contributed by atoms with Gasteiger partial charge in [-0.1, -0.05) is 60.5 Å². The largest absolute Gasteiger partial charge is 0.508 e. The summed E-state index contributed by atoms with van der Waals surface area (Å²) >= 11 is 0. The number of alkyl carbamates (subject to hydrolysis) is 1. The van der Waals surface area contributed by atoms with E-state index < -0.39 is 35.6 Å². The molecule has 0 saturated heterocycles. The first-order chi connectivity index (χ1) is 19.7. The molecule has 0 heterocycles. The second kappa shape index (κ2) is 13.3. The minimum absolute atomic E-state index is 0.0364. The lowest BCUT2D eigenvalue weighted by molar-refractivity contribution is -0.136. The molecule has 8 nitrogen and oxygen atoms in total. The standard InChI is InChI=1S/C34H39N3O5/c1-9-37(32(40)28(35-33(41)42-34(6,7)8)20-25-14-16-26(38)17-15-25)30(27-18-13-21(2)19-24(27)5)31(39)36-29-22(3)11-10-12-23(29)4/h1,10-19,28,30,38H,20H2,2-8H3,(H,35,41)(H,36,39). The Morgan fingerprint density at radius 2 is 1.57 bits per heavy atom. The molecule has 0 fully saturated rings. The van der Waals surface area contributed by atoms with Crippen molar-refractivity contribution in [3.05, 3.63) is 94.0 Å². The lowest BCUT2D eigenvalue weighted by Crippen LogP contribution is -2.52. The van der Waals surface area contributed by atoms with Gasteiger partial charge in [-0.05, 0) is 88.4 Å². The van der Waals surface area contributed by atoms with Gasteiger partial charge in [-0.25, -0.2) is 4.79 Å². The lowest BCUT2D eigenvalue weighted by Gasteiger charge is -2.31. The molecular formula is C34H39N3O5. The van der Waals surface area contributed by atoms with Gasteiger partial charge in [0.1, 0.15) is 23.4 Å². The van der Waals surface area contributed by atoms with E-state index in [1.54, 1.807) is 39.0 Å². The number of benzene rings is 3. The molecule has 3 rings (SSSR count). The predicted molar refractivity (Wildman–Crippen MR) is 164 cm³/mol. The van der Waals surface area contributed by atoms with E-state index in [1.165, 1.54) is 12.1 Å². The fourth-order valence-electron chi connectivity index (χ4n) is 4.68. The fourth-order valence-corrected chi connectivity index (χ4v) is 4.68. The highest BCUT2D eigenvalue weighted by molar-refractivity contribution is 6.00. The van der Waals surface area contributed by atoms with Gasteiger partial charge in [0.05, 0.1) is 0 Å². The zero-order chi connectivity index (χ0) is 31.2. The number of amides is 3. The summed E-state index contributed by atoms with van der Waals surface area (Å²) in [4.78, 5) is 42.1. The van der Waals surface area contributed by atoms with Crippen LogP contribution >= 0.6 is 0 Å². The Kier molecular flexibility index (Phi) is 10.0. The summed E-state index contributed by atoms with van der Waals surface area (Å²) < 4.78 is 5.43. The molecule has 0 radical (unpaired) electrons. The quantitative estimate of drug-likeness (QED) is 0.233. The van der Waals surface area contributed by atoms with Gasteiger partial charge >= 0.3 is 6.09 Å². The molecule has 220 valence electrons. The number of hydrogen-bond acceptors (Lipinski definition) is 5. The molecule has 2 atom stereocenters. The Labute approximate surface area is 248 Å². The third-order valence-corrected chi connectivity index (χ3v) is 6.70. The Bertz CT molecular complexity index is 1480. The number of carbonyl (C=O) groups excluding carboxylic acids is 3. The fraction of sp³-hybridized carbons (Fsp3) is 0.324. The van der Waals surface area contributed by atoms with Crippen LogP contribution < -0.4 is 10.6 Å². The summed E-state index contributed by atoms with van der Waals surface area (Å²) in [7, 11) is 0. The minimum atomic E-state index is -1.20. The van der Waals surface area contributed by atoms with Crippen molar-refractivity contribution in [3.8, 4) is 18.2 Å². The Balaban J connectivity index is 2.08. The maximum absolute atomic E-state index is 14.2. The Morgan fingerprint density at radius 1 is 0.952 bits per heavy atom. The summed E-state index contributed by atoms with van der Waals surface area (Å²) in [5.41, 5.74) is 4.51. The second-order valence-electron chi connectivity index (χ2n) is 11.4. The first-order valence-electron chi connectivity index (χ1n) is 13.7. The third-order valence-electron chi connectivity index (χ3n) is 6.70. The number of rotatable bonds is 8. The normalized spacial score (nSPS) is 12.4. The molecule has 0 spiro atoms. The van der Waals surface area contributed by atoms with E-state index in [0.29, 0.717) is 16.8 Å². The van der Waals surface area contributed by atoms with Crippen molar-refractivity contribution < 1.29 is 24.2 Å². The summed E-state index contributed by atoms with van der Waals surface area (Å²) in [5.74, 6) is -1.10. The highest BCUT2D eigenvalue weighted by Gasteiger charge is 2.37. The number of ether oxygens (including phenoxy) is 1. The Hall–Kier alpha value is -4.77. The summed E-state index contributed by atoms with van der Waals surface area (Å²) in [6, 6.07) is 17.5. The molecule has 8 heteroatoms. The van der Waals surface area contributed by atoms with Crippen molar-refractivity contribution in [2.24, 2.45) is 0 Å². The van der Waals surface area contributed by atoms with Crippen molar-refractivity contribution in [2.75, 3.05) is 5.32 Å². The van der Waals surface area contributed by atoms with Crippen molar-refractivity contribution >= 4 is 23.6 Å². The van der Waals surface area contributed by atoms with E-state index in [1.807, 2.05) is 58.0 Å². The lowest BCUT2D eigenvalue weighted by atomic mass is 9.96. The maximum atomic E-state index is 14.2. The SMILES string of the molecule is C#CN(C(=O)C(Cc1ccc(O)cc1)NC(=O)OC(C)(C)C)C(C(=O)Nc1c(C)cccc1C)c1ccc(C)cc1C. The van der Waals surface area contributed by atoms with Crippen LogP contribution in [0, 0.1) is 40.2 Å². The molecule has 3 amide bonds. The van der Waals surface area contributed by atoms with Gasteiger partial charge in [-0.2, -0.15) is 0 Å². The molecule has 0 aliphatic heterocycles. The van der Waals surface area contributed by atoms with Gasteiger partial charge in [-0.3, -0.25) is 14.5 Å². The number of carbonyl (C=O) groups is 3. The third kappa shape index (κ3) is 8.14. The van der Waals surface area contributed by atoms with Crippen molar-refractivity contribution in [3.63, 3.8) is 0 Å². The highest BCUT2D eigenvalue weighted by Crippen LogP contribution is 2.29. The number of anilines is 1. The molecule has 0 bridgehead atoms. The zero-order valence-electron chi connectivity index (χ0n) is 25.2. The van der Waals surface area contributed by atoms with E-state index in [2.05, 4.69) is 16.7 Å². The number of nitrogens with zero attached hydrogens (tertiary/aromatic N) is 1. The van der Waals surface area contributed by atoms with Crippen molar-refractivity contribution in [2.45, 2.75) is 72.6 Å². The maximum Gasteiger partial charge on any atom is 0.408 e. The van der Waals surface area contributed by atoms with Crippen LogP contribution in [0.15, 0.2) is 60.7 Å². The van der Waals surface area contributed by atoms with Crippen molar-refractivity contribution in [1.29, 1.82) is 0 Å². The van der Waals surface area contributed by atoms with Gasteiger partial charge < -0.3 is 20.5 Å². The summed E-state index contributed by atoms with van der Waals surface area (Å²) in [5, 5.41) is 15.4. The van der Waals surface area contributed by atoms with E-state index in [0.717, 1.165) is 27.2 Å².